The second-order valence-corrected chi connectivity index (χ2v) is 14.0. The molecule has 4 aliphatic heterocycles. The smallest absolute Gasteiger partial charge is 0.410 e. The average molecular weight is 611 g/mol. The number of nitrogens with zero attached hydrogens (tertiary/aromatic N) is 2. The first-order chi connectivity index (χ1) is 20.7. The number of ether oxygens (including phenoxy) is 2. The summed E-state index contributed by atoms with van der Waals surface area (Å²) < 4.78 is 40.0. The highest BCUT2D eigenvalue weighted by Gasteiger charge is 2.47. The van der Waals surface area contributed by atoms with Crippen LogP contribution in [0.4, 0.5) is 10.5 Å². The van der Waals surface area contributed by atoms with E-state index in [2.05, 4.69) is 10.6 Å². The molecule has 3 saturated heterocycles. The normalized spacial score (nSPS) is 25.8. The van der Waals surface area contributed by atoms with Gasteiger partial charge < -0.3 is 25.0 Å². The number of hydrogen-bond donors (Lipinski definition) is 2. The van der Waals surface area contributed by atoms with E-state index in [4.69, 9.17) is 9.47 Å². The minimum atomic E-state index is -3.50. The zero-order valence-corrected chi connectivity index (χ0v) is 25.1. The molecule has 43 heavy (non-hydrogen) atoms. The fourth-order valence-corrected chi connectivity index (χ4v) is 9.19. The zero-order valence-electron chi connectivity index (χ0n) is 24.2. The summed E-state index contributed by atoms with van der Waals surface area (Å²) in [6.07, 6.45) is 2.97. The minimum absolute atomic E-state index is 0.0172. The van der Waals surface area contributed by atoms with E-state index in [9.17, 15) is 22.8 Å². The summed E-state index contributed by atoms with van der Waals surface area (Å²) in [6, 6.07) is 14.1. The summed E-state index contributed by atoms with van der Waals surface area (Å²) >= 11 is 0. The standard InChI is InChI=1S/C31H38N4O7S/c1-20-29(36)33-27-15-23(7-10-28(27)42-20)30(37)32-24-16-25-8-9-26(17-24)35(25)43(39,40)19-22-11-13-34(14-12-22)31(38)41-18-21-5-3-2-4-6-21/h2-7,10,15,20,22,24-26H,8-9,11-14,16-19H2,1H3,(H,32,37)(H,33,36)/t20?,24?,25-,26+. The maximum Gasteiger partial charge on any atom is 0.410 e. The molecule has 230 valence electrons. The summed E-state index contributed by atoms with van der Waals surface area (Å²) in [5, 5.41) is 5.85. The second-order valence-electron chi connectivity index (χ2n) is 12.1. The number of piperidine rings is 2. The van der Waals surface area contributed by atoms with Crippen molar-refractivity contribution < 1.29 is 32.3 Å². The molecule has 3 fully saturated rings. The molecular formula is C31H38N4O7S. The lowest BCUT2D eigenvalue weighted by molar-refractivity contribution is -0.122. The van der Waals surface area contributed by atoms with Crippen LogP contribution in [0.3, 0.4) is 0 Å². The van der Waals surface area contributed by atoms with Crippen LogP contribution < -0.4 is 15.4 Å². The number of amides is 3. The molecule has 2 bridgehead atoms. The Kier molecular flexibility index (Phi) is 8.32. The monoisotopic (exact) mass is 610 g/mol. The number of carbonyl (C=O) groups is 3. The highest BCUT2D eigenvalue weighted by Crippen LogP contribution is 2.39. The van der Waals surface area contributed by atoms with Crippen molar-refractivity contribution in [2.24, 2.45) is 5.92 Å². The summed E-state index contributed by atoms with van der Waals surface area (Å²) in [4.78, 5) is 39.2. The topological polar surface area (TPSA) is 134 Å². The molecular weight excluding hydrogens is 572 g/mol. The quantitative estimate of drug-likeness (QED) is 0.490. The van der Waals surface area contributed by atoms with E-state index in [0.29, 0.717) is 55.8 Å². The van der Waals surface area contributed by atoms with Gasteiger partial charge in [-0.3, -0.25) is 9.59 Å². The molecule has 2 N–H and O–H groups in total. The van der Waals surface area contributed by atoms with Crippen molar-refractivity contribution in [3.8, 4) is 5.75 Å². The number of carbonyl (C=O) groups excluding carboxylic acids is 3. The molecule has 2 aromatic carbocycles. The Morgan fingerprint density at radius 2 is 1.72 bits per heavy atom. The van der Waals surface area contributed by atoms with E-state index < -0.39 is 16.1 Å². The van der Waals surface area contributed by atoms with Crippen LogP contribution in [0, 0.1) is 5.92 Å². The van der Waals surface area contributed by atoms with Gasteiger partial charge in [0.15, 0.2) is 6.10 Å². The molecule has 0 saturated carbocycles. The third-order valence-corrected chi connectivity index (χ3v) is 11.2. The van der Waals surface area contributed by atoms with E-state index in [-0.39, 0.29) is 54.3 Å². The second kappa shape index (κ2) is 12.2. The minimum Gasteiger partial charge on any atom is -0.479 e. The van der Waals surface area contributed by atoms with Crippen LogP contribution in [0.25, 0.3) is 0 Å². The third kappa shape index (κ3) is 6.50. The average Bonchev–Trinajstić information content (AvgIpc) is 3.29. The van der Waals surface area contributed by atoms with Gasteiger partial charge in [0.1, 0.15) is 12.4 Å². The predicted octanol–water partition coefficient (Wildman–Crippen LogP) is 3.51. The van der Waals surface area contributed by atoms with Gasteiger partial charge in [0.05, 0.1) is 11.4 Å². The lowest BCUT2D eigenvalue weighted by atomic mass is 9.99. The van der Waals surface area contributed by atoms with Gasteiger partial charge in [-0.05, 0) is 75.1 Å². The Hall–Kier alpha value is -3.64. The van der Waals surface area contributed by atoms with E-state index in [1.54, 1.807) is 34.3 Å². The van der Waals surface area contributed by atoms with Crippen LogP contribution in [0.15, 0.2) is 48.5 Å². The molecule has 11 nitrogen and oxygen atoms in total. The first-order valence-electron chi connectivity index (χ1n) is 15.1. The Morgan fingerprint density at radius 3 is 2.42 bits per heavy atom. The number of benzene rings is 2. The molecule has 2 unspecified atom stereocenters. The number of fused-ring (bicyclic) bond motifs is 3. The van der Waals surface area contributed by atoms with Gasteiger partial charge in [-0.15, -0.1) is 0 Å². The number of nitrogens with one attached hydrogen (secondary N) is 2. The van der Waals surface area contributed by atoms with E-state index in [1.807, 2.05) is 30.3 Å². The van der Waals surface area contributed by atoms with Crippen LogP contribution >= 0.6 is 0 Å². The highest BCUT2D eigenvalue weighted by molar-refractivity contribution is 7.89. The Bertz CT molecular complexity index is 1460. The lowest BCUT2D eigenvalue weighted by Gasteiger charge is -2.39. The Morgan fingerprint density at radius 1 is 1.02 bits per heavy atom. The number of anilines is 1. The molecule has 0 aromatic heterocycles. The van der Waals surface area contributed by atoms with Crippen molar-refractivity contribution in [3.05, 3.63) is 59.7 Å². The molecule has 12 heteroatoms. The van der Waals surface area contributed by atoms with Gasteiger partial charge >= 0.3 is 6.09 Å². The summed E-state index contributed by atoms with van der Waals surface area (Å²) in [7, 11) is -3.50. The molecule has 4 aliphatic rings. The molecule has 0 spiro atoms. The first kappa shape index (κ1) is 29.4. The fourth-order valence-electron chi connectivity index (χ4n) is 6.80. The SMILES string of the molecule is CC1Oc2ccc(C(=O)NC3C[C@H]4CC[C@@H](C3)N4S(=O)(=O)CC3CCN(C(=O)OCc4ccccc4)CC3)cc2NC1=O. The number of likely N-dealkylation sites (tertiary alicyclic amines) is 1. The van der Waals surface area contributed by atoms with Crippen molar-refractivity contribution in [1.82, 2.24) is 14.5 Å². The van der Waals surface area contributed by atoms with Crippen molar-refractivity contribution in [2.45, 2.75) is 76.3 Å². The molecule has 4 heterocycles. The predicted molar refractivity (Wildman–Crippen MR) is 159 cm³/mol. The lowest BCUT2D eigenvalue weighted by Crippen LogP contribution is -2.53. The molecule has 2 aromatic rings. The van der Waals surface area contributed by atoms with Gasteiger partial charge in [-0.1, -0.05) is 30.3 Å². The van der Waals surface area contributed by atoms with Gasteiger partial charge in [0, 0.05) is 36.8 Å². The Labute approximate surface area is 251 Å². The maximum atomic E-state index is 13.6. The van der Waals surface area contributed by atoms with Crippen LogP contribution in [0.2, 0.25) is 0 Å². The van der Waals surface area contributed by atoms with Crippen molar-refractivity contribution in [2.75, 3.05) is 24.2 Å². The number of hydrogen-bond acceptors (Lipinski definition) is 7. The van der Waals surface area contributed by atoms with Crippen LogP contribution in [-0.4, -0.2) is 78.6 Å². The van der Waals surface area contributed by atoms with E-state index in [1.165, 1.54) is 0 Å². The fraction of sp³-hybridized carbons (Fsp3) is 0.516. The molecule has 0 aliphatic carbocycles. The third-order valence-electron chi connectivity index (χ3n) is 9.02. The number of sulfonamides is 1. The summed E-state index contributed by atoms with van der Waals surface area (Å²) in [5.41, 5.74) is 1.80. The van der Waals surface area contributed by atoms with Crippen molar-refractivity contribution in [3.63, 3.8) is 0 Å². The van der Waals surface area contributed by atoms with Gasteiger partial charge in [-0.2, -0.15) is 4.31 Å². The largest absolute Gasteiger partial charge is 0.479 e. The van der Waals surface area contributed by atoms with Gasteiger partial charge in [0.2, 0.25) is 10.0 Å². The Balaban J connectivity index is 0.992. The molecule has 6 rings (SSSR count). The van der Waals surface area contributed by atoms with E-state index in [0.717, 1.165) is 18.4 Å². The summed E-state index contributed by atoms with van der Waals surface area (Å²) in [5.74, 6) is 0.0590. The molecule has 3 amide bonds. The van der Waals surface area contributed by atoms with Crippen LogP contribution in [0.5, 0.6) is 5.75 Å². The zero-order chi connectivity index (χ0) is 30.1. The van der Waals surface area contributed by atoms with Gasteiger partial charge in [0.25, 0.3) is 11.8 Å². The first-order valence-corrected chi connectivity index (χ1v) is 16.7. The maximum absolute atomic E-state index is 13.6. The van der Waals surface area contributed by atoms with E-state index >= 15 is 0 Å². The van der Waals surface area contributed by atoms with Crippen LogP contribution in [0.1, 0.15) is 61.4 Å². The molecule has 4 atom stereocenters. The number of rotatable bonds is 7. The van der Waals surface area contributed by atoms with Crippen molar-refractivity contribution >= 4 is 33.6 Å². The van der Waals surface area contributed by atoms with Crippen molar-refractivity contribution in [1.29, 1.82) is 0 Å². The summed E-state index contributed by atoms with van der Waals surface area (Å²) in [6.45, 7) is 2.83. The van der Waals surface area contributed by atoms with Gasteiger partial charge in [-0.25, -0.2) is 13.2 Å². The van der Waals surface area contributed by atoms with Crippen LogP contribution in [-0.2, 0) is 26.2 Å². The highest BCUT2D eigenvalue weighted by atomic mass is 32.2. The molecule has 0 radical (unpaired) electrons.